The molecule has 0 aliphatic heterocycles. The Kier molecular flexibility index (Phi) is 3.31. The summed E-state index contributed by atoms with van der Waals surface area (Å²) in [7, 11) is 0. The van der Waals surface area contributed by atoms with Gasteiger partial charge in [0, 0.05) is 11.8 Å². The quantitative estimate of drug-likeness (QED) is 0.792. The minimum atomic E-state index is -0.315. The Morgan fingerprint density at radius 3 is 2.55 bits per heavy atom. The molecule has 1 aromatic heterocycles. The van der Waals surface area contributed by atoms with Gasteiger partial charge in [-0.05, 0) is 23.8 Å². The van der Waals surface area contributed by atoms with E-state index in [2.05, 4.69) is 5.10 Å². The van der Waals surface area contributed by atoms with Gasteiger partial charge in [0.05, 0.1) is 18.0 Å². The lowest BCUT2D eigenvalue weighted by Gasteiger charge is -2.00. The predicted octanol–water partition coefficient (Wildman–Crippen LogP) is 3.17. The average molecular weight is 268 g/mol. The third kappa shape index (κ3) is 2.33. The molecule has 0 spiro atoms. The zero-order valence-corrected chi connectivity index (χ0v) is 10.7. The van der Waals surface area contributed by atoms with Crippen LogP contribution < -0.4 is 0 Å². The van der Waals surface area contributed by atoms with E-state index < -0.39 is 0 Å². The number of aliphatic hydroxyl groups excluding tert-OH is 1. The fraction of sp³-hybridized carbons (Fsp3) is 0.0625. The molecule has 1 N–H and O–H groups in total. The fourth-order valence-corrected chi connectivity index (χ4v) is 2.14. The third-order valence-electron chi connectivity index (χ3n) is 3.10. The summed E-state index contributed by atoms with van der Waals surface area (Å²) >= 11 is 0. The normalized spacial score (nSPS) is 10.7. The van der Waals surface area contributed by atoms with Gasteiger partial charge in [-0.1, -0.05) is 36.4 Å². The summed E-state index contributed by atoms with van der Waals surface area (Å²) in [6.45, 7) is -0.160. The van der Waals surface area contributed by atoms with E-state index in [-0.39, 0.29) is 12.4 Å². The molecule has 100 valence electrons. The number of nitrogens with zero attached hydrogens (tertiary/aromatic N) is 2. The van der Waals surface area contributed by atoms with Crippen molar-refractivity contribution in [3.05, 3.63) is 72.3 Å². The van der Waals surface area contributed by atoms with E-state index in [1.54, 1.807) is 23.0 Å². The highest BCUT2D eigenvalue weighted by Crippen LogP contribution is 2.24. The van der Waals surface area contributed by atoms with Crippen LogP contribution in [-0.4, -0.2) is 14.9 Å². The van der Waals surface area contributed by atoms with Crippen molar-refractivity contribution >= 4 is 0 Å². The van der Waals surface area contributed by atoms with Gasteiger partial charge >= 0.3 is 0 Å². The van der Waals surface area contributed by atoms with Gasteiger partial charge in [-0.3, -0.25) is 0 Å². The lowest BCUT2D eigenvalue weighted by Crippen LogP contribution is -1.96. The molecule has 0 atom stereocenters. The number of benzene rings is 2. The Hall–Kier alpha value is -2.46. The Bertz CT molecular complexity index is 722. The molecule has 0 aliphatic carbocycles. The zero-order valence-electron chi connectivity index (χ0n) is 10.7. The number of aromatic nitrogens is 2. The van der Waals surface area contributed by atoms with Crippen molar-refractivity contribution in [3.63, 3.8) is 0 Å². The summed E-state index contributed by atoms with van der Waals surface area (Å²) < 4.78 is 14.9. The van der Waals surface area contributed by atoms with E-state index in [4.69, 9.17) is 0 Å². The maximum Gasteiger partial charge on any atom is 0.125 e. The third-order valence-corrected chi connectivity index (χ3v) is 3.10. The lowest BCUT2D eigenvalue weighted by atomic mass is 10.1. The minimum Gasteiger partial charge on any atom is -0.390 e. The molecule has 0 fully saturated rings. The smallest absolute Gasteiger partial charge is 0.125 e. The van der Waals surface area contributed by atoms with Crippen LogP contribution >= 0.6 is 0 Å². The summed E-state index contributed by atoms with van der Waals surface area (Å²) in [6.07, 6.45) is 1.80. The topological polar surface area (TPSA) is 38.1 Å². The van der Waals surface area contributed by atoms with Crippen LogP contribution in [0, 0.1) is 5.82 Å². The number of aliphatic hydroxyl groups is 1. The first-order chi connectivity index (χ1) is 9.78. The van der Waals surface area contributed by atoms with E-state index in [0.717, 1.165) is 11.1 Å². The van der Waals surface area contributed by atoms with Crippen LogP contribution in [0.2, 0.25) is 0 Å². The first-order valence-electron chi connectivity index (χ1n) is 6.28. The predicted molar refractivity (Wildman–Crippen MR) is 74.9 cm³/mol. The van der Waals surface area contributed by atoms with Crippen molar-refractivity contribution < 1.29 is 9.50 Å². The van der Waals surface area contributed by atoms with Crippen molar-refractivity contribution in [3.8, 4) is 16.8 Å². The van der Waals surface area contributed by atoms with Crippen molar-refractivity contribution in [1.29, 1.82) is 0 Å². The first-order valence-corrected chi connectivity index (χ1v) is 6.28. The minimum absolute atomic E-state index is 0.160. The monoisotopic (exact) mass is 268 g/mol. The summed E-state index contributed by atoms with van der Waals surface area (Å²) in [5.74, 6) is -0.315. The second-order valence-corrected chi connectivity index (χ2v) is 4.44. The molecule has 0 unspecified atom stereocenters. The Morgan fingerprint density at radius 2 is 1.85 bits per heavy atom. The molecule has 0 bridgehead atoms. The highest BCUT2D eigenvalue weighted by atomic mass is 19.1. The maximum atomic E-state index is 13.3. The molecule has 0 saturated carbocycles. The maximum absolute atomic E-state index is 13.3. The lowest BCUT2D eigenvalue weighted by molar-refractivity contribution is 0.276. The van der Waals surface area contributed by atoms with Crippen LogP contribution in [0.3, 0.4) is 0 Å². The van der Waals surface area contributed by atoms with E-state index in [9.17, 15) is 9.50 Å². The molecule has 3 rings (SSSR count). The second-order valence-electron chi connectivity index (χ2n) is 4.44. The number of hydrogen-bond acceptors (Lipinski definition) is 2. The first kappa shape index (κ1) is 12.6. The van der Waals surface area contributed by atoms with Crippen LogP contribution in [0.1, 0.15) is 5.69 Å². The fourth-order valence-electron chi connectivity index (χ4n) is 2.14. The molecule has 0 aliphatic rings. The largest absolute Gasteiger partial charge is 0.390 e. The van der Waals surface area contributed by atoms with Gasteiger partial charge < -0.3 is 5.11 Å². The van der Waals surface area contributed by atoms with Crippen LogP contribution in [0.4, 0.5) is 4.39 Å². The Morgan fingerprint density at radius 1 is 1.05 bits per heavy atom. The van der Waals surface area contributed by atoms with Crippen LogP contribution in [0.5, 0.6) is 0 Å². The summed E-state index contributed by atoms with van der Waals surface area (Å²) in [5, 5.41) is 13.8. The Labute approximate surface area is 115 Å². The van der Waals surface area contributed by atoms with E-state index >= 15 is 0 Å². The van der Waals surface area contributed by atoms with Gasteiger partial charge in [0.2, 0.25) is 0 Å². The molecular formula is C16H13FN2O. The van der Waals surface area contributed by atoms with Crippen LogP contribution in [-0.2, 0) is 6.61 Å². The highest BCUT2D eigenvalue weighted by molar-refractivity contribution is 5.65. The molecule has 1 heterocycles. The Balaban J connectivity index is 2.10. The molecule has 4 heteroatoms. The summed E-state index contributed by atoms with van der Waals surface area (Å²) in [6, 6.07) is 15.9. The summed E-state index contributed by atoms with van der Waals surface area (Å²) in [4.78, 5) is 0. The molecule has 0 saturated heterocycles. The van der Waals surface area contributed by atoms with Crippen LogP contribution in [0.15, 0.2) is 60.8 Å². The van der Waals surface area contributed by atoms with Gasteiger partial charge in [0.15, 0.2) is 0 Å². The van der Waals surface area contributed by atoms with Crippen molar-refractivity contribution in [2.24, 2.45) is 0 Å². The standard InChI is InChI=1S/C16H13FN2O/c17-13-7-4-8-14(9-13)19-10-15(16(11-20)18-19)12-5-2-1-3-6-12/h1-10,20H,11H2. The number of rotatable bonds is 3. The molecular weight excluding hydrogens is 255 g/mol. The van der Waals surface area contributed by atoms with Gasteiger partial charge in [-0.25, -0.2) is 9.07 Å². The van der Waals surface area contributed by atoms with Gasteiger partial charge in [0.25, 0.3) is 0 Å². The SMILES string of the molecule is OCc1nn(-c2cccc(F)c2)cc1-c1ccccc1. The van der Waals surface area contributed by atoms with Gasteiger partial charge in [-0.15, -0.1) is 0 Å². The van der Waals surface area contributed by atoms with E-state index in [1.165, 1.54) is 12.1 Å². The molecule has 3 aromatic rings. The molecule has 0 amide bonds. The van der Waals surface area contributed by atoms with Crippen molar-refractivity contribution in [2.75, 3.05) is 0 Å². The highest BCUT2D eigenvalue weighted by Gasteiger charge is 2.11. The molecule has 0 radical (unpaired) electrons. The zero-order chi connectivity index (χ0) is 13.9. The molecule has 2 aromatic carbocycles. The van der Waals surface area contributed by atoms with Crippen molar-refractivity contribution in [1.82, 2.24) is 9.78 Å². The van der Waals surface area contributed by atoms with E-state index in [0.29, 0.717) is 11.4 Å². The van der Waals surface area contributed by atoms with Crippen LogP contribution in [0.25, 0.3) is 16.8 Å². The number of halogens is 1. The van der Waals surface area contributed by atoms with E-state index in [1.807, 2.05) is 30.3 Å². The van der Waals surface area contributed by atoms with Gasteiger partial charge in [0.1, 0.15) is 5.82 Å². The average Bonchev–Trinajstić information content (AvgIpc) is 2.92. The summed E-state index contributed by atoms with van der Waals surface area (Å²) in [5.41, 5.74) is 3.01. The molecule has 20 heavy (non-hydrogen) atoms. The molecule has 3 nitrogen and oxygen atoms in total. The second kappa shape index (κ2) is 5.27. The van der Waals surface area contributed by atoms with Crippen molar-refractivity contribution in [2.45, 2.75) is 6.61 Å². The number of hydrogen-bond donors (Lipinski definition) is 1. The van der Waals surface area contributed by atoms with Gasteiger partial charge in [-0.2, -0.15) is 5.10 Å².